The molecule has 2 atom stereocenters. The Morgan fingerprint density at radius 2 is 2.33 bits per heavy atom. The normalized spacial score (nSPS) is 22.0. The Labute approximate surface area is 110 Å². The minimum atomic E-state index is -0.436. The highest BCUT2D eigenvalue weighted by Crippen LogP contribution is 2.16. The lowest BCUT2D eigenvalue weighted by molar-refractivity contribution is 0.211. The molecule has 4 N–H and O–H groups in total. The van der Waals surface area contributed by atoms with Crippen LogP contribution < -0.4 is 11.1 Å². The topological polar surface area (TPSA) is 78.6 Å². The van der Waals surface area contributed by atoms with Crippen LogP contribution >= 0.6 is 0 Å². The largest absolute Gasteiger partial charge is 0.396 e. The predicted molar refractivity (Wildman–Crippen MR) is 72.3 cm³/mol. The second kappa shape index (κ2) is 8.32. The van der Waals surface area contributed by atoms with Crippen LogP contribution in [0.5, 0.6) is 0 Å². The van der Waals surface area contributed by atoms with E-state index in [2.05, 4.69) is 17.1 Å². The number of likely N-dealkylation sites (tertiary alicyclic amines) is 1. The molecule has 1 heterocycles. The smallest absolute Gasteiger partial charge is 0.312 e. The van der Waals surface area contributed by atoms with Crippen molar-refractivity contribution in [2.45, 2.75) is 45.1 Å². The molecule has 0 bridgehead atoms. The zero-order valence-corrected chi connectivity index (χ0v) is 11.4. The van der Waals surface area contributed by atoms with E-state index in [9.17, 15) is 4.79 Å². The van der Waals surface area contributed by atoms with Crippen LogP contribution in [0.3, 0.4) is 0 Å². The molecule has 1 rings (SSSR count). The van der Waals surface area contributed by atoms with Crippen molar-refractivity contribution in [1.29, 1.82) is 0 Å². The number of nitrogens with two attached hydrogens (primary N) is 1. The standard InChI is InChI=1S/C13H27N3O2/c1-2-3-4-5-12(15-13(14)18)9-16-7-6-11(8-16)10-17/h11-12,17H,2-10H2,1H3,(H3,14,15,18). The highest BCUT2D eigenvalue weighted by atomic mass is 16.3. The average Bonchev–Trinajstić information content (AvgIpc) is 2.76. The van der Waals surface area contributed by atoms with Crippen LogP contribution in [-0.4, -0.2) is 48.3 Å². The molecule has 0 aromatic heterocycles. The minimum Gasteiger partial charge on any atom is -0.396 e. The van der Waals surface area contributed by atoms with Crippen molar-refractivity contribution < 1.29 is 9.90 Å². The molecule has 0 aromatic carbocycles. The van der Waals surface area contributed by atoms with Gasteiger partial charge in [0.2, 0.25) is 0 Å². The van der Waals surface area contributed by atoms with Gasteiger partial charge in [-0.05, 0) is 25.3 Å². The Kier molecular flexibility index (Phi) is 7.05. The monoisotopic (exact) mass is 257 g/mol. The lowest BCUT2D eigenvalue weighted by Crippen LogP contribution is -2.45. The number of aliphatic hydroxyl groups excluding tert-OH is 1. The summed E-state index contributed by atoms with van der Waals surface area (Å²) in [5.41, 5.74) is 5.22. The highest BCUT2D eigenvalue weighted by molar-refractivity contribution is 5.71. The summed E-state index contributed by atoms with van der Waals surface area (Å²) < 4.78 is 0. The summed E-state index contributed by atoms with van der Waals surface area (Å²) in [7, 11) is 0. The van der Waals surface area contributed by atoms with E-state index in [1.54, 1.807) is 0 Å². The van der Waals surface area contributed by atoms with E-state index in [-0.39, 0.29) is 12.6 Å². The van der Waals surface area contributed by atoms with Gasteiger partial charge in [-0.3, -0.25) is 0 Å². The van der Waals surface area contributed by atoms with E-state index in [4.69, 9.17) is 10.8 Å². The maximum atomic E-state index is 11.0. The molecule has 5 nitrogen and oxygen atoms in total. The zero-order valence-electron chi connectivity index (χ0n) is 11.4. The number of nitrogens with zero attached hydrogens (tertiary/aromatic N) is 1. The number of amides is 2. The number of nitrogens with one attached hydrogen (secondary N) is 1. The fraction of sp³-hybridized carbons (Fsp3) is 0.923. The molecule has 0 aromatic rings. The first-order chi connectivity index (χ1) is 8.65. The molecule has 1 aliphatic rings. The second-order valence-electron chi connectivity index (χ2n) is 5.30. The van der Waals surface area contributed by atoms with E-state index in [0.29, 0.717) is 5.92 Å². The van der Waals surface area contributed by atoms with Gasteiger partial charge in [-0.2, -0.15) is 0 Å². The Morgan fingerprint density at radius 1 is 1.56 bits per heavy atom. The number of urea groups is 1. The van der Waals surface area contributed by atoms with Gasteiger partial charge in [0.15, 0.2) is 0 Å². The zero-order chi connectivity index (χ0) is 13.4. The van der Waals surface area contributed by atoms with Crippen LogP contribution in [0, 0.1) is 5.92 Å². The lowest BCUT2D eigenvalue weighted by Gasteiger charge is -2.24. The Morgan fingerprint density at radius 3 is 2.89 bits per heavy atom. The summed E-state index contributed by atoms with van der Waals surface area (Å²) in [5, 5.41) is 12.0. The van der Waals surface area contributed by atoms with Crippen molar-refractivity contribution >= 4 is 6.03 Å². The molecule has 0 saturated carbocycles. The van der Waals surface area contributed by atoms with Crippen molar-refractivity contribution in [3.05, 3.63) is 0 Å². The summed E-state index contributed by atoms with van der Waals surface area (Å²) in [6.45, 7) is 5.23. The number of carbonyl (C=O) groups excluding carboxylic acids is 1. The second-order valence-corrected chi connectivity index (χ2v) is 5.30. The van der Waals surface area contributed by atoms with Crippen LogP contribution in [0.2, 0.25) is 0 Å². The molecule has 0 radical (unpaired) electrons. The maximum Gasteiger partial charge on any atom is 0.312 e. The lowest BCUT2D eigenvalue weighted by atomic mass is 10.1. The summed E-state index contributed by atoms with van der Waals surface area (Å²) in [5.74, 6) is 0.398. The molecule has 1 fully saturated rings. The molecule has 1 aliphatic heterocycles. The van der Waals surface area contributed by atoms with Crippen molar-refractivity contribution in [3.8, 4) is 0 Å². The number of carbonyl (C=O) groups is 1. The minimum absolute atomic E-state index is 0.145. The predicted octanol–water partition coefficient (Wildman–Crippen LogP) is 0.918. The molecular weight excluding hydrogens is 230 g/mol. The van der Waals surface area contributed by atoms with E-state index >= 15 is 0 Å². The van der Waals surface area contributed by atoms with Gasteiger partial charge >= 0.3 is 6.03 Å². The molecule has 106 valence electrons. The molecule has 18 heavy (non-hydrogen) atoms. The van der Waals surface area contributed by atoms with Crippen LogP contribution in [0.4, 0.5) is 4.79 Å². The Bertz CT molecular complexity index is 248. The van der Waals surface area contributed by atoms with Crippen molar-refractivity contribution in [2.24, 2.45) is 11.7 Å². The summed E-state index contributed by atoms with van der Waals surface area (Å²) in [6, 6.07) is -0.291. The summed E-state index contributed by atoms with van der Waals surface area (Å²) in [4.78, 5) is 13.3. The third-order valence-electron chi connectivity index (χ3n) is 3.61. The van der Waals surface area contributed by atoms with E-state index < -0.39 is 6.03 Å². The average molecular weight is 257 g/mol. The number of hydrogen-bond donors (Lipinski definition) is 3. The van der Waals surface area contributed by atoms with Gasteiger partial charge in [-0.25, -0.2) is 4.79 Å². The number of hydrogen-bond acceptors (Lipinski definition) is 3. The number of unbranched alkanes of at least 4 members (excludes halogenated alkanes) is 2. The Balaban J connectivity index is 2.33. The summed E-state index contributed by atoms with van der Waals surface area (Å²) >= 11 is 0. The van der Waals surface area contributed by atoms with Gasteiger partial charge in [-0.1, -0.05) is 26.2 Å². The van der Waals surface area contributed by atoms with Crippen molar-refractivity contribution in [1.82, 2.24) is 10.2 Å². The molecule has 0 spiro atoms. The summed E-state index contributed by atoms with van der Waals surface area (Å²) in [6.07, 6.45) is 5.53. The molecule has 5 heteroatoms. The first kappa shape index (κ1) is 15.2. The maximum absolute atomic E-state index is 11.0. The third-order valence-corrected chi connectivity index (χ3v) is 3.61. The molecular formula is C13H27N3O2. The van der Waals surface area contributed by atoms with Gasteiger partial charge in [0.25, 0.3) is 0 Å². The SMILES string of the molecule is CCCCCC(CN1CCC(CO)C1)NC(N)=O. The first-order valence-electron chi connectivity index (χ1n) is 7.04. The van der Waals surface area contributed by atoms with Crippen molar-refractivity contribution in [2.75, 3.05) is 26.2 Å². The Hall–Kier alpha value is -0.810. The van der Waals surface area contributed by atoms with Crippen LogP contribution in [-0.2, 0) is 0 Å². The number of aliphatic hydroxyl groups is 1. The quantitative estimate of drug-likeness (QED) is 0.566. The fourth-order valence-electron chi connectivity index (χ4n) is 2.59. The van der Waals surface area contributed by atoms with Crippen LogP contribution in [0.1, 0.15) is 39.0 Å². The van der Waals surface area contributed by atoms with Gasteiger partial charge in [-0.15, -0.1) is 0 Å². The molecule has 2 unspecified atom stereocenters. The first-order valence-corrected chi connectivity index (χ1v) is 7.04. The van der Waals surface area contributed by atoms with E-state index in [1.807, 2.05) is 0 Å². The molecule has 2 amide bonds. The van der Waals surface area contributed by atoms with Gasteiger partial charge < -0.3 is 21.1 Å². The van der Waals surface area contributed by atoms with Crippen molar-refractivity contribution in [3.63, 3.8) is 0 Å². The van der Waals surface area contributed by atoms with E-state index in [0.717, 1.165) is 38.9 Å². The molecule has 1 saturated heterocycles. The van der Waals surface area contributed by atoms with Crippen LogP contribution in [0.15, 0.2) is 0 Å². The number of rotatable bonds is 8. The fourth-order valence-corrected chi connectivity index (χ4v) is 2.59. The molecule has 0 aliphatic carbocycles. The van der Waals surface area contributed by atoms with Gasteiger partial charge in [0.1, 0.15) is 0 Å². The van der Waals surface area contributed by atoms with Crippen LogP contribution in [0.25, 0.3) is 0 Å². The van der Waals surface area contributed by atoms with E-state index in [1.165, 1.54) is 12.8 Å². The third kappa shape index (κ3) is 5.69. The van der Waals surface area contributed by atoms with Gasteiger partial charge in [0.05, 0.1) is 0 Å². The highest BCUT2D eigenvalue weighted by Gasteiger charge is 2.24. The number of primary amides is 1. The van der Waals surface area contributed by atoms with Gasteiger partial charge in [0, 0.05) is 25.7 Å².